The van der Waals surface area contributed by atoms with Crippen LogP contribution in [0.1, 0.15) is 67.7 Å². The van der Waals surface area contributed by atoms with Crippen LogP contribution in [-0.2, 0) is 33.4 Å². The molecule has 0 amide bonds. The van der Waals surface area contributed by atoms with E-state index >= 15 is 0 Å². The zero-order valence-electron chi connectivity index (χ0n) is 21.1. The van der Waals surface area contributed by atoms with E-state index in [4.69, 9.17) is 14.2 Å². The zero-order chi connectivity index (χ0) is 25.7. The molecule has 0 saturated heterocycles. The van der Waals surface area contributed by atoms with Gasteiger partial charge in [0.05, 0.1) is 6.10 Å². The van der Waals surface area contributed by atoms with E-state index in [0.29, 0.717) is 29.6 Å². The van der Waals surface area contributed by atoms with Crippen LogP contribution in [-0.4, -0.2) is 53.2 Å². The first-order chi connectivity index (χ1) is 15.6. The monoisotopic (exact) mass is 476 g/mol. The average Bonchev–Trinajstić information content (AvgIpc) is 2.69. The second-order valence-corrected chi connectivity index (χ2v) is 10.7. The molecule has 3 rings (SSSR count). The molecule has 0 heterocycles. The second-order valence-electron chi connectivity index (χ2n) is 10.7. The number of carbonyl (C=O) groups excluding carboxylic acids is 4. The summed E-state index contributed by atoms with van der Waals surface area (Å²) in [5, 5.41) is 10.8. The fraction of sp³-hybridized carbons (Fsp3) is 0.692. The molecule has 8 nitrogen and oxygen atoms in total. The predicted molar refractivity (Wildman–Crippen MR) is 122 cm³/mol. The smallest absolute Gasteiger partial charge is 0.303 e. The SMILES string of the molecule is C=C1C(O)CCC2(C)C(OC(C)=O)C(OC(C)=O)C3=C(C)C(=O)CC(C(OC(C)=O)C12)C3(C)C. The van der Waals surface area contributed by atoms with Crippen molar-refractivity contribution in [3.05, 3.63) is 23.3 Å². The molecule has 188 valence electrons. The number of aliphatic hydroxyl groups is 1. The lowest BCUT2D eigenvalue weighted by atomic mass is 9.49. The van der Waals surface area contributed by atoms with Gasteiger partial charge in [-0.15, -0.1) is 0 Å². The third-order valence-corrected chi connectivity index (χ3v) is 8.17. The number of hydrogen-bond donors (Lipinski definition) is 1. The predicted octanol–water partition coefficient (Wildman–Crippen LogP) is 3.06. The standard InChI is InChI=1S/C26H36O8/c1-12-18(30)9-10-26(8)21(12)22(32-14(3)27)17-11-19(31)13(2)20(25(17,6)7)23(33-15(4)28)24(26)34-16(5)29/h17-18,21-24,30H,1,9-11H2,2-8H3. The van der Waals surface area contributed by atoms with Crippen LogP contribution >= 0.6 is 0 Å². The summed E-state index contributed by atoms with van der Waals surface area (Å²) in [7, 11) is 0. The summed E-state index contributed by atoms with van der Waals surface area (Å²) in [6, 6.07) is 0. The van der Waals surface area contributed by atoms with Gasteiger partial charge in [-0.1, -0.05) is 27.4 Å². The molecular formula is C26H36O8. The van der Waals surface area contributed by atoms with Crippen LogP contribution in [0.15, 0.2) is 23.3 Å². The normalized spacial score (nSPS) is 37.2. The van der Waals surface area contributed by atoms with Crippen LogP contribution < -0.4 is 0 Å². The van der Waals surface area contributed by atoms with Crippen molar-refractivity contribution < 1.29 is 38.5 Å². The summed E-state index contributed by atoms with van der Waals surface area (Å²) < 4.78 is 17.7. The van der Waals surface area contributed by atoms with Crippen LogP contribution in [0.5, 0.6) is 0 Å². The summed E-state index contributed by atoms with van der Waals surface area (Å²) in [5.41, 5.74) is -0.174. The molecule has 0 aliphatic heterocycles. The van der Waals surface area contributed by atoms with Gasteiger partial charge in [-0.05, 0) is 41.9 Å². The molecule has 3 aliphatic carbocycles. The average molecular weight is 477 g/mol. The van der Waals surface area contributed by atoms with Gasteiger partial charge in [0.25, 0.3) is 0 Å². The van der Waals surface area contributed by atoms with E-state index in [1.807, 2.05) is 20.8 Å². The highest BCUT2D eigenvalue weighted by molar-refractivity contribution is 5.97. The zero-order valence-corrected chi connectivity index (χ0v) is 21.1. The third-order valence-electron chi connectivity index (χ3n) is 8.17. The highest BCUT2D eigenvalue weighted by Gasteiger charge is 2.63. The molecule has 0 aromatic rings. The molecule has 2 saturated carbocycles. The summed E-state index contributed by atoms with van der Waals surface area (Å²) in [6.45, 7) is 15.4. The Morgan fingerprint density at radius 1 is 1.00 bits per heavy atom. The van der Waals surface area contributed by atoms with E-state index in [-0.39, 0.29) is 12.2 Å². The molecule has 7 atom stereocenters. The Morgan fingerprint density at radius 2 is 1.56 bits per heavy atom. The van der Waals surface area contributed by atoms with Gasteiger partial charge in [-0.2, -0.15) is 0 Å². The van der Waals surface area contributed by atoms with Crippen molar-refractivity contribution >= 4 is 23.7 Å². The highest BCUT2D eigenvalue weighted by atomic mass is 16.6. The number of rotatable bonds is 3. The van der Waals surface area contributed by atoms with Crippen LogP contribution in [0, 0.1) is 22.7 Å². The highest BCUT2D eigenvalue weighted by Crippen LogP contribution is 2.60. The lowest BCUT2D eigenvalue weighted by Crippen LogP contribution is -2.63. The molecule has 1 N–H and O–H groups in total. The van der Waals surface area contributed by atoms with Gasteiger partial charge >= 0.3 is 17.9 Å². The van der Waals surface area contributed by atoms with Crippen LogP contribution in [0.4, 0.5) is 0 Å². The van der Waals surface area contributed by atoms with E-state index in [2.05, 4.69) is 6.58 Å². The van der Waals surface area contributed by atoms with Crippen molar-refractivity contribution in [2.24, 2.45) is 22.7 Å². The lowest BCUT2D eigenvalue weighted by molar-refractivity contribution is -0.201. The molecule has 8 heteroatoms. The van der Waals surface area contributed by atoms with E-state index in [1.54, 1.807) is 6.92 Å². The van der Waals surface area contributed by atoms with Crippen molar-refractivity contribution in [2.45, 2.75) is 92.1 Å². The third kappa shape index (κ3) is 4.21. The minimum Gasteiger partial charge on any atom is -0.462 e. The molecule has 34 heavy (non-hydrogen) atoms. The maximum atomic E-state index is 13.2. The van der Waals surface area contributed by atoms with Gasteiger partial charge in [0, 0.05) is 44.4 Å². The Morgan fingerprint density at radius 3 is 2.09 bits per heavy atom. The van der Waals surface area contributed by atoms with Gasteiger partial charge in [-0.3, -0.25) is 19.2 Å². The Balaban J connectivity index is 2.41. The molecule has 2 bridgehead atoms. The van der Waals surface area contributed by atoms with Crippen molar-refractivity contribution in [3.63, 3.8) is 0 Å². The summed E-state index contributed by atoms with van der Waals surface area (Å²) in [4.78, 5) is 50.2. The van der Waals surface area contributed by atoms with E-state index in [1.165, 1.54) is 20.8 Å². The van der Waals surface area contributed by atoms with Crippen LogP contribution in [0.2, 0.25) is 0 Å². The first-order valence-electron chi connectivity index (χ1n) is 11.8. The quantitative estimate of drug-likeness (QED) is 0.375. The molecule has 3 aliphatic rings. The van der Waals surface area contributed by atoms with E-state index in [0.717, 1.165) is 0 Å². The van der Waals surface area contributed by atoms with Crippen molar-refractivity contribution in [1.82, 2.24) is 0 Å². The first-order valence-corrected chi connectivity index (χ1v) is 11.8. The van der Waals surface area contributed by atoms with Gasteiger partial charge < -0.3 is 19.3 Å². The van der Waals surface area contributed by atoms with Gasteiger partial charge in [-0.25, -0.2) is 0 Å². The summed E-state index contributed by atoms with van der Waals surface area (Å²) in [5.74, 6) is -2.92. The maximum absolute atomic E-state index is 13.2. The van der Waals surface area contributed by atoms with Gasteiger partial charge in [0.1, 0.15) is 12.2 Å². The molecule has 0 spiro atoms. The lowest BCUT2D eigenvalue weighted by Gasteiger charge is -2.59. The number of ketones is 1. The van der Waals surface area contributed by atoms with Crippen molar-refractivity contribution in [2.75, 3.05) is 0 Å². The first kappa shape index (κ1) is 26.1. The van der Waals surface area contributed by atoms with Crippen LogP contribution in [0.25, 0.3) is 0 Å². The van der Waals surface area contributed by atoms with Gasteiger partial charge in [0.15, 0.2) is 11.9 Å². The molecular weight excluding hydrogens is 440 g/mol. The Kier molecular flexibility index (Phi) is 6.88. The molecule has 0 aromatic carbocycles. The number of aliphatic hydroxyl groups excluding tert-OH is 1. The number of fused-ring (bicyclic) bond motifs is 3. The van der Waals surface area contributed by atoms with Crippen molar-refractivity contribution in [1.29, 1.82) is 0 Å². The Labute approximate surface area is 200 Å². The molecule has 7 unspecified atom stereocenters. The Bertz CT molecular complexity index is 960. The molecule has 0 aromatic heterocycles. The Hall–Kier alpha value is -2.48. The van der Waals surface area contributed by atoms with Crippen molar-refractivity contribution in [3.8, 4) is 0 Å². The minimum absolute atomic E-state index is 0.126. The topological polar surface area (TPSA) is 116 Å². The number of carbonyl (C=O) groups is 4. The fourth-order valence-corrected chi connectivity index (χ4v) is 6.62. The van der Waals surface area contributed by atoms with E-state index < -0.39 is 65.0 Å². The summed E-state index contributed by atoms with van der Waals surface area (Å²) in [6.07, 6.45) is -2.77. The van der Waals surface area contributed by atoms with E-state index in [9.17, 15) is 24.3 Å². The second kappa shape index (κ2) is 8.95. The summed E-state index contributed by atoms with van der Waals surface area (Å²) >= 11 is 0. The molecule has 2 fully saturated rings. The minimum atomic E-state index is -1.02. The number of Topliss-reactive ketones (excluding diaryl/α,β-unsaturated/α-hetero) is 1. The van der Waals surface area contributed by atoms with Crippen LogP contribution in [0.3, 0.4) is 0 Å². The van der Waals surface area contributed by atoms with Gasteiger partial charge in [0.2, 0.25) is 0 Å². The molecule has 0 radical (unpaired) electrons. The number of esters is 3. The number of allylic oxidation sites excluding steroid dienone is 1. The number of hydrogen-bond acceptors (Lipinski definition) is 8. The maximum Gasteiger partial charge on any atom is 0.303 e. The fourth-order valence-electron chi connectivity index (χ4n) is 6.62. The largest absolute Gasteiger partial charge is 0.462 e. The number of ether oxygens (including phenoxy) is 3.